The molecular formula is C84H120B3Br3N12O6. The van der Waals surface area contributed by atoms with Gasteiger partial charge in [0.1, 0.15) is 0 Å². The van der Waals surface area contributed by atoms with Gasteiger partial charge in [0.15, 0.2) is 0 Å². The molecule has 6 atom stereocenters. The third-order valence-corrected chi connectivity index (χ3v) is 25.1. The number of rotatable bonds is 18. The number of carbonyl (C=O) groups is 3. The van der Waals surface area contributed by atoms with Crippen LogP contribution in [0.15, 0.2) is 159 Å². The van der Waals surface area contributed by atoms with Crippen LogP contribution < -0.4 is 0 Å². The molecule has 6 aromatic rings. The van der Waals surface area contributed by atoms with Crippen molar-refractivity contribution < 1.29 is 29.5 Å². The smallest absolute Gasteiger partial charge is 0.376 e. The van der Waals surface area contributed by atoms with Crippen molar-refractivity contribution in [1.82, 2.24) is 58.8 Å². The predicted molar refractivity (Wildman–Crippen MR) is 449 cm³/mol. The zero-order valence-corrected chi connectivity index (χ0v) is 71.1. The second kappa shape index (κ2) is 39.0. The van der Waals surface area contributed by atoms with Crippen molar-refractivity contribution in [2.45, 2.75) is 177 Å². The second-order valence-corrected chi connectivity index (χ2v) is 37.2. The largest absolute Gasteiger partial charge is 0.437 e. The minimum absolute atomic E-state index is 0.0433. The molecule has 6 aliphatic rings. The van der Waals surface area contributed by atoms with E-state index in [-0.39, 0.29) is 70.2 Å². The Morgan fingerprint density at radius 1 is 0.370 bits per heavy atom. The van der Waals surface area contributed by atoms with Crippen molar-refractivity contribution in [3.63, 3.8) is 0 Å². The van der Waals surface area contributed by atoms with Crippen LogP contribution in [0.4, 0.5) is 0 Å². The van der Waals surface area contributed by atoms with Gasteiger partial charge in [0.05, 0.1) is 35.2 Å². The summed E-state index contributed by atoms with van der Waals surface area (Å²) in [6, 6.07) is 44.7. The monoisotopic (exact) mass is 1660 g/mol. The van der Waals surface area contributed by atoms with Crippen LogP contribution in [-0.2, 0) is 14.4 Å². The van der Waals surface area contributed by atoms with E-state index in [0.717, 1.165) is 167 Å². The molecule has 9 heterocycles. The van der Waals surface area contributed by atoms with Crippen LogP contribution in [0.2, 0.25) is 20.5 Å². The summed E-state index contributed by atoms with van der Waals surface area (Å²) in [5.41, 5.74) is 6.64. The number of piperazine rings is 3. The van der Waals surface area contributed by atoms with Gasteiger partial charge in [-0.15, -0.1) is 0 Å². The molecule has 6 saturated heterocycles. The Morgan fingerprint density at radius 3 is 0.796 bits per heavy atom. The van der Waals surface area contributed by atoms with Gasteiger partial charge in [0.25, 0.3) is 0 Å². The van der Waals surface area contributed by atoms with Crippen molar-refractivity contribution in [3.05, 3.63) is 193 Å². The highest BCUT2D eigenvalue weighted by molar-refractivity contribution is 9.11. The van der Waals surface area contributed by atoms with Gasteiger partial charge < -0.3 is 44.2 Å². The van der Waals surface area contributed by atoms with Gasteiger partial charge in [-0.05, 0) is 233 Å². The van der Waals surface area contributed by atoms with E-state index in [2.05, 4.69) is 281 Å². The first-order chi connectivity index (χ1) is 51.4. The number of carbonyl (C=O) groups excluding carboxylic acids is 3. The zero-order chi connectivity index (χ0) is 77.6. The molecule has 0 saturated carbocycles. The van der Waals surface area contributed by atoms with Crippen LogP contribution in [0.3, 0.4) is 0 Å². The Balaban J connectivity index is 0.000000173. The Hall–Kier alpha value is -5.21. The molecule has 3 aromatic carbocycles. The number of piperidine rings is 3. The fourth-order valence-electron chi connectivity index (χ4n) is 17.2. The minimum Gasteiger partial charge on any atom is -0.437 e. The fraction of sp³-hybridized carbons (Fsp3) is 0.571. The van der Waals surface area contributed by atoms with E-state index in [0.29, 0.717) is 37.0 Å². The maximum absolute atomic E-state index is 13.6. The molecule has 3 N–H and O–H groups in total. The lowest BCUT2D eigenvalue weighted by Crippen LogP contribution is -2.60. The molecule has 0 aliphatic carbocycles. The van der Waals surface area contributed by atoms with Gasteiger partial charge in [-0.1, -0.05) is 153 Å². The fourth-order valence-corrected chi connectivity index (χ4v) is 17.9. The quantitative estimate of drug-likeness (QED) is 0.0691. The number of aromatic nitrogens is 3. The highest BCUT2D eigenvalue weighted by Gasteiger charge is 2.45. The summed E-state index contributed by atoms with van der Waals surface area (Å²) in [4.78, 5) is 75.5. The van der Waals surface area contributed by atoms with E-state index >= 15 is 0 Å². The standard InChI is InChI=1S/3C28H40BBrN4O2/c3*1-28(2,3)25-20-32(27(22-8-6-5-7-9-22)24-11-10-23(30)19-31-24)16-17-34(25)26(35)18-21-12-14-33(15-13-21)29(4)36/h3*5-11,19,21,25,27,36H,12-18,20H2,1-4H3/t3*25-,27?/m111/s1. The summed E-state index contributed by atoms with van der Waals surface area (Å²) in [6.45, 7) is 38.0. The first kappa shape index (κ1) is 85.2. The zero-order valence-electron chi connectivity index (χ0n) is 66.3. The maximum Gasteiger partial charge on any atom is 0.376 e. The molecule has 24 heteroatoms. The summed E-state index contributed by atoms with van der Waals surface area (Å²) in [5, 5.41) is 29.6. The highest BCUT2D eigenvalue weighted by Crippen LogP contribution is 2.41. The van der Waals surface area contributed by atoms with Crippen LogP contribution in [0.25, 0.3) is 0 Å². The van der Waals surface area contributed by atoms with Gasteiger partial charge in [-0.25, -0.2) is 0 Å². The molecule has 0 radical (unpaired) electrons. The van der Waals surface area contributed by atoms with Crippen molar-refractivity contribution in [2.24, 2.45) is 34.0 Å². The van der Waals surface area contributed by atoms with Crippen molar-refractivity contribution >= 4 is 86.7 Å². The molecule has 6 aliphatic heterocycles. The molecule has 3 amide bonds. The first-order valence-electron chi connectivity index (χ1n) is 39.8. The number of pyridine rings is 3. The molecule has 0 bridgehead atoms. The summed E-state index contributed by atoms with van der Waals surface area (Å²) in [6.07, 6.45) is 13.3. The van der Waals surface area contributed by atoms with Crippen LogP contribution in [-0.4, -0.2) is 229 Å². The van der Waals surface area contributed by atoms with Gasteiger partial charge in [-0.3, -0.25) is 44.0 Å². The molecule has 12 rings (SSSR count). The Kier molecular flexibility index (Phi) is 30.8. The summed E-state index contributed by atoms with van der Waals surface area (Å²) < 4.78 is 2.92. The Bertz CT molecular complexity index is 3360. The number of benzene rings is 3. The lowest BCUT2D eigenvalue weighted by atomic mass is 9.80. The molecule has 3 unspecified atom stereocenters. The lowest BCUT2D eigenvalue weighted by Gasteiger charge is -2.49. The predicted octanol–water partition coefficient (Wildman–Crippen LogP) is 14.1. The highest BCUT2D eigenvalue weighted by atomic mass is 79.9. The SMILES string of the molecule is CB(O)N1CCC(CC(=O)N2CCN(C(c3ccccc3)c3ccc(Br)cn3)C[C@@H]2C(C)(C)C)CC1.CB(O)N1CCC(CC(=O)N2CCN(C(c3ccccc3)c3ccc(Br)cn3)C[C@@H]2C(C)(C)C)CC1.CB(O)N1CCC(CC(=O)N2CCN(C(c3ccccc3)c3ccc(Br)cn3)C[C@@H]2C(C)(C)C)CC1. The van der Waals surface area contributed by atoms with Crippen LogP contribution in [0.5, 0.6) is 0 Å². The molecule has 0 spiro atoms. The van der Waals surface area contributed by atoms with E-state index in [9.17, 15) is 29.5 Å². The minimum atomic E-state index is -0.405. The van der Waals surface area contributed by atoms with Crippen molar-refractivity contribution in [3.8, 4) is 0 Å². The van der Waals surface area contributed by atoms with Crippen LogP contribution in [0, 0.1) is 34.0 Å². The summed E-state index contributed by atoms with van der Waals surface area (Å²) in [5.74, 6) is 2.04. The van der Waals surface area contributed by atoms with Gasteiger partial charge in [0.2, 0.25) is 17.7 Å². The number of nitrogens with zero attached hydrogens (tertiary/aromatic N) is 12. The number of hydrogen-bond acceptors (Lipinski definition) is 15. The van der Waals surface area contributed by atoms with E-state index in [1.165, 1.54) is 16.7 Å². The molecule has 3 aromatic heterocycles. The molecular weight excluding hydrogens is 1550 g/mol. The molecule has 582 valence electrons. The van der Waals surface area contributed by atoms with Gasteiger partial charge in [0, 0.05) is 128 Å². The third-order valence-electron chi connectivity index (χ3n) is 23.7. The third kappa shape index (κ3) is 23.2. The molecule has 108 heavy (non-hydrogen) atoms. The van der Waals surface area contributed by atoms with Gasteiger partial charge in [-0.2, -0.15) is 0 Å². The number of hydrogen-bond donors (Lipinski definition) is 3. The number of halogens is 3. The van der Waals surface area contributed by atoms with Crippen molar-refractivity contribution in [1.29, 1.82) is 0 Å². The average molecular weight is 1670 g/mol. The summed E-state index contributed by atoms with van der Waals surface area (Å²) >= 11 is 10.6. The summed E-state index contributed by atoms with van der Waals surface area (Å²) in [7, 11) is -1.21. The van der Waals surface area contributed by atoms with E-state index in [4.69, 9.17) is 15.0 Å². The molecule has 18 nitrogen and oxygen atoms in total. The maximum atomic E-state index is 13.6. The lowest BCUT2D eigenvalue weighted by molar-refractivity contribution is -0.142. The van der Waals surface area contributed by atoms with Crippen LogP contribution in [0.1, 0.15) is 172 Å². The second-order valence-electron chi connectivity index (χ2n) is 34.5. The van der Waals surface area contributed by atoms with Gasteiger partial charge >= 0.3 is 21.2 Å². The van der Waals surface area contributed by atoms with E-state index in [1.807, 2.05) is 39.1 Å². The average Bonchev–Trinajstić information content (AvgIpc) is 0.788. The topological polar surface area (TPSA) is 180 Å². The first-order valence-corrected chi connectivity index (χ1v) is 42.1. The van der Waals surface area contributed by atoms with E-state index in [1.54, 1.807) is 0 Å². The van der Waals surface area contributed by atoms with E-state index < -0.39 is 21.2 Å². The number of amides is 3. The Morgan fingerprint density at radius 2 is 0.602 bits per heavy atom. The van der Waals surface area contributed by atoms with Crippen LogP contribution >= 0.6 is 47.8 Å². The normalized spacial score (nSPS) is 21.4. The molecule has 6 fully saturated rings. The Labute approximate surface area is 672 Å². The van der Waals surface area contributed by atoms with Crippen molar-refractivity contribution in [2.75, 3.05) is 98.2 Å².